The summed E-state index contributed by atoms with van der Waals surface area (Å²) >= 11 is 5.44. The summed E-state index contributed by atoms with van der Waals surface area (Å²) in [6.07, 6.45) is 1.76. The number of nitrogens with zero attached hydrogens (tertiary/aromatic N) is 1. The molecule has 1 heterocycles. The van der Waals surface area contributed by atoms with Crippen LogP contribution in [0.2, 0.25) is 0 Å². The summed E-state index contributed by atoms with van der Waals surface area (Å²) < 4.78 is 13.0. The number of methoxy groups -OCH3 is 1. The van der Waals surface area contributed by atoms with Crippen LogP contribution in [0.25, 0.3) is 16.8 Å². The van der Waals surface area contributed by atoms with Gasteiger partial charge in [-0.15, -0.1) is 0 Å². The molecule has 4 rings (SSSR count). The summed E-state index contributed by atoms with van der Waals surface area (Å²) in [5, 5.41) is 2.13. The molecule has 0 aromatic heterocycles. The molecule has 8 heteroatoms. The standard InChI is InChI=1S/C24H19I2NO4S/c1-30-9-8-27-23(28)21(32-24(27)29)13-16-11-19(25)22(20(26)12-16)31-14-15-6-7-17-4-2-3-5-18(17)10-15/h2-7,10-13H,8-9,14H2,1H3/b21-13+. The number of benzene rings is 3. The van der Waals surface area contributed by atoms with E-state index in [1.165, 1.54) is 15.7 Å². The summed E-state index contributed by atoms with van der Waals surface area (Å²) in [7, 11) is 1.54. The number of carbonyl (C=O) groups excluding carboxylic acids is 2. The number of rotatable bonds is 7. The van der Waals surface area contributed by atoms with Crippen molar-refractivity contribution in [2.75, 3.05) is 20.3 Å². The van der Waals surface area contributed by atoms with Crippen molar-refractivity contribution in [3.05, 3.63) is 77.8 Å². The Hall–Kier alpha value is -1.63. The van der Waals surface area contributed by atoms with Gasteiger partial charge in [-0.25, -0.2) is 0 Å². The van der Waals surface area contributed by atoms with Gasteiger partial charge >= 0.3 is 0 Å². The lowest BCUT2D eigenvalue weighted by Gasteiger charge is -2.12. The summed E-state index contributed by atoms with van der Waals surface area (Å²) in [5.74, 6) is 0.531. The number of fused-ring (bicyclic) bond motifs is 1. The molecule has 0 N–H and O–H groups in total. The molecule has 164 valence electrons. The van der Waals surface area contributed by atoms with Crippen molar-refractivity contribution >= 4 is 84.9 Å². The lowest BCUT2D eigenvalue weighted by Crippen LogP contribution is -2.31. The fourth-order valence-corrected chi connectivity index (χ4v) is 6.30. The third-order valence-electron chi connectivity index (χ3n) is 4.91. The van der Waals surface area contributed by atoms with Crippen LogP contribution in [0.5, 0.6) is 5.75 Å². The molecular weight excluding hydrogens is 652 g/mol. The number of carbonyl (C=O) groups is 2. The normalized spacial score (nSPS) is 15.2. The molecular formula is C24H19I2NO4S. The molecule has 1 saturated heterocycles. The Morgan fingerprint density at radius 3 is 2.44 bits per heavy atom. The zero-order valence-electron chi connectivity index (χ0n) is 17.1. The van der Waals surface area contributed by atoms with E-state index >= 15 is 0 Å². The lowest BCUT2D eigenvalue weighted by atomic mass is 10.1. The number of amides is 2. The third kappa shape index (κ3) is 5.29. The first kappa shape index (κ1) is 23.5. The van der Waals surface area contributed by atoms with Gasteiger partial charge in [-0.05, 0) is 103 Å². The van der Waals surface area contributed by atoms with Crippen LogP contribution in [0.4, 0.5) is 4.79 Å². The van der Waals surface area contributed by atoms with E-state index in [1.54, 1.807) is 13.2 Å². The Bertz CT molecular complexity index is 1200. The highest BCUT2D eigenvalue weighted by Gasteiger charge is 2.34. The van der Waals surface area contributed by atoms with E-state index in [2.05, 4.69) is 75.5 Å². The van der Waals surface area contributed by atoms with Gasteiger partial charge in [0, 0.05) is 7.11 Å². The van der Waals surface area contributed by atoms with Crippen LogP contribution in [0, 0.1) is 7.14 Å². The summed E-state index contributed by atoms with van der Waals surface area (Å²) in [6.45, 7) is 1.05. The monoisotopic (exact) mass is 671 g/mol. The average Bonchev–Trinajstić information content (AvgIpc) is 3.03. The van der Waals surface area contributed by atoms with E-state index in [0.717, 1.165) is 35.8 Å². The van der Waals surface area contributed by atoms with Gasteiger partial charge in [0.05, 0.1) is 25.2 Å². The number of hydrogen-bond acceptors (Lipinski definition) is 5. The molecule has 3 aromatic carbocycles. The molecule has 0 aliphatic carbocycles. The SMILES string of the molecule is COCCN1C(=O)S/C(=C/c2cc(I)c(OCc3ccc4ccccc4c3)c(I)c2)C1=O. The number of thioether (sulfide) groups is 1. The summed E-state index contributed by atoms with van der Waals surface area (Å²) in [5.41, 5.74) is 1.96. The largest absolute Gasteiger partial charge is 0.487 e. The van der Waals surface area contributed by atoms with E-state index in [0.29, 0.717) is 18.1 Å². The lowest BCUT2D eigenvalue weighted by molar-refractivity contribution is -0.123. The van der Waals surface area contributed by atoms with Crippen LogP contribution < -0.4 is 4.74 Å². The van der Waals surface area contributed by atoms with Gasteiger partial charge < -0.3 is 9.47 Å². The Kier molecular flexibility index (Phi) is 7.74. The third-order valence-corrected chi connectivity index (χ3v) is 7.42. The van der Waals surface area contributed by atoms with Gasteiger partial charge in [-0.2, -0.15) is 0 Å². The minimum Gasteiger partial charge on any atom is -0.487 e. The molecule has 1 fully saturated rings. The maximum atomic E-state index is 12.5. The highest BCUT2D eigenvalue weighted by atomic mass is 127. The average molecular weight is 671 g/mol. The molecule has 2 amide bonds. The number of ether oxygens (including phenoxy) is 2. The van der Waals surface area contributed by atoms with Crippen LogP contribution in [0.3, 0.4) is 0 Å². The van der Waals surface area contributed by atoms with Crippen molar-refractivity contribution in [3.63, 3.8) is 0 Å². The van der Waals surface area contributed by atoms with Crippen LogP contribution >= 0.6 is 56.9 Å². The molecule has 0 saturated carbocycles. The molecule has 0 radical (unpaired) electrons. The zero-order chi connectivity index (χ0) is 22.7. The molecule has 32 heavy (non-hydrogen) atoms. The van der Waals surface area contributed by atoms with Crippen molar-refractivity contribution in [1.29, 1.82) is 0 Å². The quantitative estimate of drug-likeness (QED) is 0.218. The predicted molar refractivity (Wildman–Crippen MR) is 145 cm³/mol. The molecule has 0 atom stereocenters. The second-order valence-electron chi connectivity index (χ2n) is 7.11. The Morgan fingerprint density at radius 1 is 1.00 bits per heavy atom. The van der Waals surface area contributed by atoms with Crippen LogP contribution in [-0.4, -0.2) is 36.3 Å². The maximum Gasteiger partial charge on any atom is 0.293 e. The minimum absolute atomic E-state index is 0.259. The van der Waals surface area contributed by atoms with Crippen molar-refractivity contribution in [2.24, 2.45) is 0 Å². The van der Waals surface area contributed by atoms with E-state index < -0.39 is 0 Å². The predicted octanol–water partition coefficient (Wildman–Crippen LogP) is 6.31. The highest BCUT2D eigenvalue weighted by molar-refractivity contribution is 14.1. The van der Waals surface area contributed by atoms with Gasteiger partial charge in [0.15, 0.2) is 0 Å². The van der Waals surface area contributed by atoms with Gasteiger partial charge in [0.2, 0.25) is 0 Å². The summed E-state index contributed by atoms with van der Waals surface area (Å²) in [6, 6.07) is 18.5. The Labute approximate surface area is 217 Å². The molecule has 0 spiro atoms. The first-order chi connectivity index (χ1) is 15.5. The van der Waals surface area contributed by atoms with Gasteiger partial charge in [0.1, 0.15) is 12.4 Å². The Morgan fingerprint density at radius 2 is 1.72 bits per heavy atom. The molecule has 1 aliphatic heterocycles. The van der Waals surface area contributed by atoms with Crippen LogP contribution in [0.15, 0.2) is 59.5 Å². The molecule has 5 nitrogen and oxygen atoms in total. The maximum absolute atomic E-state index is 12.5. The number of halogens is 2. The number of hydrogen-bond donors (Lipinski definition) is 0. The molecule has 1 aliphatic rings. The van der Waals surface area contributed by atoms with Gasteiger partial charge in [-0.3, -0.25) is 14.5 Å². The fourth-order valence-electron chi connectivity index (χ4n) is 3.31. The Balaban J connectivity index is 1.50. The first-order valence-electron chi connectivity index (χ1n) is 9.80. The van der Waals surface area contributed by atoms with E-state index in [4.69, 9.17) is 9.47 Å². The zero-order valence-corrected chi connectivity index (χ0v) is 22.3. The van der Waals surface area contributed by atoms with Crippen molar-refractivity contribution in [3.8, 4) is 5.75 Å². The number of imide groups is 1. The van der Waals surface area contributed by atoms with E-state index in [1.807, 2.05) is 24.3 Å². The minimum atomic E-state index is -0.279. The molecule has 0 unspecified atom stereocenters. The van der Waals surface area contributed by atoms with Crippen molar-refractivity contribution < 1.29 is 19.1 Å². The smallest absolute Gasteiger partial charge is 0.293 e. The highest BCUT2D eigenvalue weighted by Crippen LogP contribution is 2.35. The fraction of sp³-hybridized carbons (Fsp3) is 0.167. The van der Waals surface area contributed by atoms with E-state index in [-0.39, 0.29) is 17.7 Å². The van der Waals surface area contributed by atoms with Crippen molar-refractivity contribution in [1.82, 2.24) is 4.90 Å². The first-order valence-corrected chi connectivity index (χ1v) is 12.8. The van der Waals surface area contributed by atoms with E-state index in [9.17, 15) is 9.59 Å². The second-order valence-corrected chi connectivity index (χ2v) is 10.4. The van der Waals surface area contributed by atoms with Crippen molar-refractivity contribution in [2.45, 2.75) is 6.61 Å². The topological polar surface area (TPSA) is 55.8 Å². The van der Waals surface area contributed by atoms with Gasteiger partial charge in [-0.1, -0.05) is 36.4 Å². The summed E-state index contributed by atoms with van der Waals surface area (Å²) in [4.78, 5) is 26.3. The van der Waals surface area contributed by atoms with Crippen LogP contribution in [-0.2, 0) is 16.1 Å². The molecule has 0 bridgehead atoms. The van der Waals surface area contributed by atoms with Gasteiger partial charge in [0.25, 0.3) is 11.1 Å². The second kappa shape index (κ2) is 10.5. The van der Waals surface area contributed by atoms with Crippen LogP contribution in [0.1, 0.15) is 11.1 Å². The molecule has 3 aromatic rings.